The second-order valence-electron chi connectivity index (χ2n) is 5.68. The van der Waals surface area contributed by atoms with Crippen molar-refractivity contribution < 1.29 is 13.9 Å². The third-order valence-electron chi connectivity index (χ3n) is 3.97. The van der Waals surface area contributed by atoms with Crippen molar-refractivity contribution in [2.24, 2.45) is 0 Å². The number of ether oxygens (including phenoxy) is 1. The highest BCUT2D eigenvalue weighted by Gasteiger charge is 2.18. The van der Waals surface area contributed by atoms with Crippen LogP contribution in [-0.4, -0.2) is 17.6 Å². The largest absolute Gasteiger partial charge is 0.497 e. The summed E-state index contributed by atoms with van der Waals surface area (Å²) in [5.41, 5.74) is 1.44. The van der Waals surface area contributed by atoms with Gasteiger partial charge in [-0.3, -0.25) is 4.79 Å². The fraction of sp³-hybridized carbons (Fsp3) is 0.150. The van der Waals surface area contributed by atoms with Crippen LogP contribution in [0.25, 0.3) is 0 Å². The number of carbonyl (C=O) groups is 1. The van der Waals surface area contributed by atoms with Gasteiger partial charge in [0.05, 0.1) is 19.6 Å². The van der Waals surface area contributed by atoms with Crippen LogP contribution < -0.4 is 10.1 Å². The predicted molar refractivity (Wildman–Crippen MR) is 95.2 cm³/mol. The van der Waals surface area contributed by atoms with Gasteiger partial charge in [-0.25, -0.2) is 4.39 Å². The first kappa shape index (κ1) is 16.8. The summed E-state index contributed by atoms with van der Waals surface area (Å²) in [6, 6.07) is 17.0. The van der Waals surface area contributed by atoms with E-state index in [2.05, 4.69) is 5.32 Å². The number of nitrogens with zero attached hydrogens (tertiary/aromatic N) is 1. The molecule has 3 aromatic rings. The Hall–Kier alpha value is -3.08. The topological polar surface area (TPSA) is 43.3 Å². The molecule has 0 aliphatic rings. The molecule has 0 unspecified atom stereocenters. The number of hydrogen-bond acceptors (Lipinski definition) is 2. The Morgan fingerprint density at radius 2 is 1.84 bits per heavy atom. The first-order chi connectivity index (χ1) is 12.2. The molecule has 5 heteroatoms. The highest BCUT2D eigenvalue weighted by atomic mass is 19.1. The van der Waals surface area contributed by atoms with Crippen molar-refractivity contribution in [3.63, 3.8) is 0 Å². The van der Waals surface area contributed by atoms with Gasteiger partial charge in [0.1, 0.15) is 11.6 Å². The number of methoxy groups -OCH3 is 1. The van der Waals surface area contributed by atoms with Crippen molar-refractivity contribution in [2.45, 2.75) is 12.5 Å². The van der Waals surface area contributed by atoms with Crippen LogP contribution in [0.2, 0.25) is 0 Å². The molecule has 0 bridgehead atoms. The third-order valence-corrected chi connectivity index (χ3v) is 3.97. The number of carbonyl (C=O) groups excluding carboxylic acids is 1. The molecule has 1 heterocycles. The first-order valence-corrected chi connectivity index (χ1v) is 7.97. The highest BCUT2D eigenvalue weighted by Crippen LogP contribution is 2.24. The van der Waals surface area contributed by atoms with Crippen LogP contribution in [0.3, 0.4) is 0 Å². The van der Waals surface area contributed by atoms with Gasteiger partial charge in [0.25, 0.3) is 0 Å². The maximum atomic E-state index is 13.6. The standard InChI is InChI=1S/C20H19FN2O2/c1-25-18-9-7-17(8-10-18)22-20(24)14-19(23-11-2-3-12-23)15-5-4-6-16(21)13-15/h2-13,19H,14H2,1H3,(H,22,24)/t19-/m0/s1. The first-order valence-electron chi connectivity index (χ1n) is 7.97. The summed E-state index contributed by atoms with van der Waals surface area (Å²) >= 11 is 0. The van der Waals surface area contributed by atoms with Gasteiger partial charge in [-0.15, -0.1) is 0 Å². The van der Waals surface area contributed by atoms with Crippen molar-refractivity contribution in [3.05, 3.63) is 84.4 Å². The van der Waals surface area contributed by atoms with Crippen molar-refractivity contribution >= 4 is 11.6 Å². The molecular formula is C20H19FN2O2. The molecule has 1 atom stereocenters. The Balaban J connectivity index is 1.76. The molecule has 0 aliphatic carbocycles. The molecule has 0 aliphatic heterocycles. The number of halogens is 1. The van der Waals surface area contributed by atoms with Gasteiger partial charge >= 0.3 is 0 Å². The van der Waals surface area contributed by atoms with Gasteiger partial charge in [0.15, 0.2) is 0 Å². The van der Waals surface area contributed by atoms with Crippen LogP contribution in [0.1, 0.15) is 18.0 Å². The summed E-state index contributed by atoms with van der Waals surface area (Å²) in [5.74, 6) is 0.265. The average Bonchev–Trinajstić information content (AvgIpc) is 3.14. The van der Waals surface area contributed by atoms with Crippen molar-refractivity contribution in [1.29, 1.82) is 0 Å². The second kappa shape index (κ2) is 7.66. The molecule has 0 saturated carbocycles. The molecule has 25 heavy (non-hydrogen) atoms. The number of benzene rings is 2. The summed E-state index contributed by atoms with van der Waals surface area (Å²) in [6.45, 7) is 0. The van der Waals surface area contributed by atoms with Crippen molar-refractivity contribution in [2.75, 3.05) is 12.4 Å². The summed E-state index contributed by atoms with van der Waals surface area (Å²) in [6.07, 6.45) is 3.94. The van der Waals surface area contributed by atoms with E-state index in [4.69, 9.17) is 4.74 Å². The van der Waals surface area contributed by atoms with E-state index in [9.17, 15) is 9.18 Å². The Bertz CT molecular complexity index is 829. The molecule has 1 N–H and O–H groups in total. The van der Waals surface area contributed by atoms with Crippen molar-refractivity contribution in [3.8, 4) is 5.75 Å². The lowest BCUT2D eigenvalue weighted by molar-refractivity contribution is -0.116. The van der Waals surface area contributed by atoms with Crippen molar-refractivity contribution in [1.82, 2.24) is 4.57 Å². The molecule has 0 radical (unpaired) electrons. The number of amides is 1. The van der Waals surface area contributed by atoms with Crippen LogP contribution in [0.4, 0.5) is 10.1 Å². The summed E-state index contributed by atoms with van der Waals surface area (Å²) in [4.78, 5) is 12.5. The van der Waals surface area contributed by atoms with E-state index in [0.717, 1.165) is 11.3 Å². The van der Waals surface area contributed by atoms with E-state index < -0.39 is 0 Å². The number of anilines is 1. The number of rotatable bonds is 6. The zero-order valence-electron chi connectivity index (χ0n) is 13.9. The third kappa shape index (κ3) is 4.26. The molecule has 2 aromatic carbocycles. The van der Waals surface area contributed by atoms with E-state index in [-0.39, 0.29) is 24.2 Å². The average molecular weight is 338 g/mol. The lowest BCUT2D eigenvalue weighted by Crippen LogP contribution is -2.19. The number of hydrogen-bond donors (Lipinski definition) is 1. The maximum absolute atomic E-state index is 13.6. The second-order valence-corrected chi connectivity index (χ2v) is 5.68. The minimum atomic E-state index is -0.315. The normalized spacial score (nSPS) is 11.8. The molecule has 0 saturated heterocycles. The summed E-state index contributed by atoms with van der Waals surface area (Å²) < 4.78 is 20.6. The molecule has 0 spiro atoms. The fourth-order valence-corrected chi connectivity index (χ4v) is 2.73. The predicted octanol–water partition coefficient (Wildman–Crippen LogP) is 4.25. The molecule has 1 amide bonds. The Morgan fingerprint density at radius 3 is 2.48 bits per heavy atom. The Morgan fingerprint density at radius 1 is 1.12 bits per heavy atom. The van der Waals surface area contributed by atoms with Crippen LogP contribution in [0.5, 0.6) is 5.75 Å². The van der Waals surface area contributed by atoms with E-state index in [1.807, 2.05) is 35.2 Å². The Labute approximate surface area is 145 Å². The maximum Gasteiger partial charge on any atom is 0.226 e. The summed E-state index contributed by atoms with van der Waals surface area (Å²) in [5, 5.41) is 2.87. The number of nitrogens with one attached hydrogen (secondary N) is 1. The number of aromatic nitrogens is 1. The van der Waals surface area contributed by atoms with Gasteiger partial charge in [-0.05, 0) is 54.1 Å². The summed E-state index contributed by atoms with van der Waals surface area (Å²) in [7, 11) is 1.59. The van der Waals surface area contributed by atoms with E-state index in [1.54, 1.807) is 37.4 Å². The molecule has 3 rings (SSSR count). The van der Waals surface area contributed by atoms with Gasteiger partial charge in [0, 0.05) is 18.1 Å². The van der Waals surface area contributed by atoms with Crippen LogP contribution >= 0.6 is 0 Å². The van der Waals surface area contributed by atoms with Gasteiger partial charge in [-0.2, -0.15) is 0 Å². The van der Waals surface area contributed by atoms with Crippen LogP contribution in [0, 0.1) is 5.82 Å². The van der Waals surface area contributed by atoms with E-state index in [1.165, 1.54) is 12.1 Å². The van der Waals surface area contributed by atoms with Crippen LogP contribution in [0.15, 0.2) is 73.1 Å². The molecule has 0 fully saturated rings. The Kier molecular flexibility index (Phi) is 5.14. The zero-order chi connectivity index (χ0) is 17.6. The van der Waals surface area contributed by atoms with Gasteiger partial charge < -0.3 is 14.6 Å². The van der Waals surface area contributed by atoms with E-state index in [0.29, 0.717) is 5.69 Å². The van der Waals surface area contributed by atoms with E-state index >= 15 is 0 Å². The quantitative estimate of drug-likeness (QED) is 0.730. The minimum Gasteiger partial charge on any atom is -0.497 e. The molecule has 1 aromatic heterocycles. The zero-order valence-corrected chi connectivity index (χ0v) is 13.9. The minimum absolute atomic E-state index is 0.145. The lowest BCUT2D eigenvalue weighted by atomic mass is 10.0. The molecule has 4 nitrogen and oxygen atoms in total. The van der Waals surface area contributed by atoms with Crippen LogP contribution in [-0.2, 0) is 4.79 Å². The highest BCUT2D eigenvalue weighted by molar-refractivity contribution is 5.91. The fourth-order valence-electron chi connectivity index (χ4n) is 2.73. The van der Waals surface area contributed by atoms with Gasteiger partial charge in [0.2, 0.25) is 5.91 Å². The lowest BCUT2D eigenvalue weighted by Gasteiger charge is -2.19. The molecular weight excluding hydrogens is 319 g/mol. The monoisotopic (exact) mass is 338 g/mol. The molecule has 128 valence electrons. The SMILES string of the molecule is COc1ccc(NC(=O)C[C@@H](c2cccc(F)c2)n2cccc2)cc1. The van der Waals surface area contributed by atoms with Gasteiger partial charge in [-0.1, -0.05) is 12.1 Å². The smallest absolute Gasteiger partial charge is 0.226 e.